The molecule has 1 saturated heterocycles. The first-order chi connectivity index (χ1) is 14.6. The normalized spacial score (nSPS) is 19.1. The molecule has 0 radical (unpaired) electrons. The van der Waals surface area contributed by atoms with E-state index in [4.69, 9.17) is 15.5 Å². The molecule has 2 aromatic heterocycles. The first-order valence-corrected chi connectivity index (χ1v) is 10.6. The summed E-state index contributed by atoms with van der Waals surface area (Å²) in [6, 6.07) is 5.96. The molecule has 1 atom stereocenters. The fraction of sp³-hybridized carbons (Fsp3) is 0.500. The first-order valence-electron chi connectivity index (χ1n) is 10.6. The molecule has 1 saturated carbocycles. The lowest BCUT2D eigenvalue weighted by Crippen LogP contribution is -2.54. The first kappa shape index (κ1) is 20.4. The molecular formula is C22H30N6O2. The number of pyridine rings is 2. The van der Waals surface area contributed by atoms with Crippen molar-refractivity contribution >= 4 is 28.8 Å². The second-order valence-corrected chi connectivity index (χ2v) is 8.09. The minimum absolute atomic E-state index is 0.100. The van der Waals surface area contributed by atoms with Crippen molar-refractivity contribution in [2.45, 2.75) is 38.1 Å². The van der Waals surface area contributed by atoms with Crippen LogP contribution < -0.4 is 16.0 Å². The largest absolute Gasteiger partial charge is 0.396 e. The maximum absolute atomic E-state index is 12.4. The average molecular weight is 411 g/mol. The van der Waals surface area contributed by atoms with Gasteiger partial charge in [0.05, 0.1) is 30.1 Å². The van der Waals surface area contributed by atoms with E-state index >= 15 is 0 Å². The third-order valence-electron chi connectivity index (χ3n) is 5.75. The summed E-state index contributed by atoms with van der Waals surface area (Å²) in [4.78, 5) is 25.6. The van der Waals surface area contributed by atoms with E-state index in [-0.39, 0.29) is 11.9 Å². The lowest BCUT2D eigenvalue weighted by molar-refractivity contribution is -0.134. The Kier molecular flexibility index (Phi) is 6.03. The molecule has 30 heavy (non-hydrogen) atoms. The van der Waals surface area contributed by atoms with Crippen molar-refractivity contribution in [3.05, 3.63) is 36.3 Å². The molecule has 8 heteroatoms. The van der Waals surface area contributed by atoms with Gasteiger partial charge in [0, 0.05) is 56.8 Å². The fourth-order valence-corrected chi connectivity index (χ4v) is 4.00. The number of hydrogen-bond acceptors (Lipinski definition) is 7. The lowest BCUT2D eigenvalue weighted by atomic mass is 10.1. The molecule has 160 valence electrons. The average Bonchev–Trinajstić information content (AvgIpc) is 3.58. The molecule has 3 N–H and O–H groups in total. The maximum Gasteiger partial charge on any atom is 0.225 e. The van der Waals surface area contributed by atoms with Gasteiger partial charge >= 0.3 is 0 Å². The molecule has 4 rings (SSSR count). The highest BCUT2D eigenvalue weighted by molar-refractivity contribution is 5.78. The number of nitrogens with zero attached hydrogens (tertiary/aromatic N) is 4. The third kappa shape index (κ3) is 4.48. The van der Waals surface area contributed by atoms with Crippen molar-refractivity contribution in [2.24, 2.45) is 0 Å². The maximum atomic E-state index is 12.4. The predicted molar refractivity (Wildman–Crippen MR) is 118 cm³/mol. The molecule has 0 aromatic carbocycles. The number of carbonyl (C=O) groups is 1. The van der Waals surface area contributed by atoms with Gasteiger partial charge in [-0.05, 0) is 38.0 Å². The number of carbonyl (C=O) groups excluding carboxylic acids is 1. The molecule has 0 unspecified atom stereocenters. The van der Waals surface area contributed by atoms with E-state index < -0.39 is 0 Å². The summed E-state index contributed by atoms with van der Waals surface area (Å²) in [5, 5.41) is 3.45. The zero-order chi connectivity index (χ0) is 21.1. The molecule has 1 aliphatic carbocycles. The molecule has 0 bridgehead atoms. The molecule has 3 heterocycles. The fourth-order valence-electron chi connectivity index (χ4n) is 4.00. The van der Waals surface area contributed by atoms with Gasteiger partial charge in [-0.15, -0.1) is 0 Å². The van der Waals surface area contributed by atoms with Crippen LogP contribution in [0, 0.1) is 0 Å². The topological polar surface area (TPSA) is 96.6 Å². The highest BCUT2D eigenvalue weighted by atomic mass is 16.5. The number of aromatic nitrogens is 2. The smallest absolute Gasteiger partial charge is 0.225 e. The van der Waals surface area contributed by atoms with Crippen molar-refractivity contribution in [1.82, 2.24) is 14.9 Å². The van der Waals surface area contributed by atoms with Crippen LogP contribution in [0.3, 0.4) is 0 Å². The Hall–Kier alpha value is -2.87. The van der Waals surface area contributed by atoms with Gasteiger partial charge in [-0.1, -0.05) is 0 Å². The van der Waals surface area contributed by atoms with Gasteiger partial charge in [-0.25, -0.2) is 4.98 Å². The van der Waals surface area contributed by atoms with E-state index in [0.717, 1.165) is 48.8 Å². The molecular weight excluding hydrogens is 380 g/mol. The number of nitrogens with one attached hydrogen (secondary N) is 1. The van der Waals surface area contributed by atoms with Gasteiger partial charge in [0.2, 0.25) is 5.91 Å². The summed E-state index contributed by atoms with van der Waals surface area (Å²) in [6.07, 6.45) is 6.25. The molecule has 0 spiro atoms. The number of nitrogens with two attached hydrogens (primary N) is 1. The number of methoxy groups -OCH3 is 1. The highest BCUT2D eigenvalue weighted by Gasteiger charge is 2.32. The number of nitrogen functional groups attached to an aromatic ring is 1. The zero-order valence-electron chi connectivity index (χ0n) is 17.7. The van der Waals surface area contributed by atoms with Crippen LogP contribution in [0.4, 0.5) is 22.9 Å². The molecule has 1 aliphatic heterocycles. The van der Waals surface area contributed by atoms with Crippen LogP contribution in [0.15, 0.2) is 30.6 Å². The van der Waals surface area contributed by atoms with E-state index in [1.807, 2.05) is 23.1 Å². The van der Waals surface area contributed by atoms with E-state index in [0.29, 0.717) is 31.2 Å². The molecule has 2 aromatic rings. The summed E-state index contributed by atoms with van der Waals surface area (Å²) < 4.78 is 5.05. The number of rotatable bonds is 7. The van der Waals surface area contributed by atoms with E-state index in [1.165, 1.54) is 0 Å². The Morgan fingerprint density at radius 1 is 1.30 bits per heavy atom. The van der Waals surface area contributed by atoms with Crippen LogP contribution in [0.1, 0.15) is 37.8 Å². The van der Waals surface area contributed by atoms with Gasteiger partial charge in [0.25, 0.3) is 0 Å². The van der Waals surface area contributed by atoms with Crippen molar-refractivity contribution < 1.29 is 9.53 Å². The Bertz CT molecular complexity index is 887. The van der Waals surface area contributed by atoms with Crippen molar-refractivity contribution in [2.75, 3.05) is 49.3 Å². The number of hydrogen-bond donors (Lipinski definition) is 2. The van der Waals surface area contributed by atoms with Crippen molar-refractivity contribution in [1.29, 1.82) is 0 Å². The van der Waals surface area contributed by atoms with Crippen LogP contribution in [0.25, 0.3) is 0 Å². The Morgan fingerprint density at radius 3 is 2.73 bits per heavy atom. The summed E-state index contributed by atoms with van der Waals surface area (Å²) in [5.41, 5.74) is 10.1. The van der Waals surface area contributed by atoms with Gasteiger partial charge in [0.1, 0.15) is 0 Å². The predicted octanol–water partition coefficient (Wildman–Crippen LogP) is 2.75. The van der Waals surface area contributed by atoms with Crippen LogP contribution in [-0.2, 0) is 9.53 Å². The Balaban J connectivity index is 1.52. The SMILES string of the molecule is COCCC(=O)N1CCN(c2nc(C3CC3)c(Nc3ccncc3)cc2N)C[C@H]1C. The van der Waals surface area contributed by atoms with E-state index in [9.17, 15) is 4.79 Å². The molecule has 8 nitrogen and oxygen atoms in total. The van der Waals surface area contributed by atoms with Crippen LogP contribution in [-0.4, -0.2) is 60.2 Å². The summed E-state index contributed by atoms with van der Waals surface area (Å²) in [5.74, 6) is 1.44. The quantitative estimate of drug-likeness (QED) is 0.724. The van der Waals surface area contributed by atoms with Crippen molar-refractivity contribution in [3.8, 4) is 0 Å². The number of piperazine rings is 1. The number of amides is 1. The van der Waals surface area contributed by atoms with Crippen LogP contribution in [0.5, 0.6) is 0 Å². The van der Waals surface area contributed by atoms with E-state index in [1.54, 1.807) is 19.5 Å². The monoisotopic (exact) mass is 410 g/mol. The van der Waals surface area contributed by atoms with Crippen molar-refractivity contribution in [3.63, 3.8) is 0 Å². The van der Waals surface area contributed by atoms with Crippen LogP contribution in [0.2, 0.25) is 0 Å². The third-order valence-corrected chi connectivity index (χ3v) is 5.75. The summed E-state index contributed by atoms with van der Waals surface area (Å²) in [6.45, 7) is 4.64. The standard InChI is InChI=1S/C22H30N6O2/c1-15-14-27(10-11-28(15)20(29)7-12-30-2)22-18(23)13-19(21(26-22)16-3-4-16)25-17-5-8-24-9-6-17/h5-6,8-9,13,15-16H,3-4,7,10-12,14,23H2,1-2H3,(H,24,25)/t15-/m1/s1. The highest BCUT2D eigenvalue weighted by Crippen LogP contribution is 2.45. The van der Waals surface area contributed by atoms with Gasteiger partial charge in [-0.2, -0.15) is 0 Å². The van der Waals surface area contributed by atoms with Gasteiger partial charge in [-0.3, -0.25) is 9.78 Å². The van der Waals surface area contributed by atoms with Crippen LogP contribution >= 0.6 is 0 Å². The molecule has 2 aliphatic rings. The minimum atomic E-state index is 0.100. The second kappa shape index (κ2) is 8.87. The zero-order valence-corrected chi connectivity index (χ0v) is 17.7. The van der Waals surface area contributed by atoms with Gasteiger partial charge in [0.15, 0.2) is 5.82 Å². The lowest BCUT2D eigenvalue weighted by Gasteiger charge is -2.41. The summed E-state index contributed by atoms with van der Waals surface area (Å²) in [7, 11) is 1.62. The summed E-state index contributed by atoms with van der Waals surface area (Å²) >= 11 is 0. The van der Waals surface area contributed by atoms with Gasteiger partial charge < -0.3 is 25.6 Å². The number of anilines is 4. The van der Waals surface area contributed by atoms with E-state index in [2.05, 4.69) is 22.1 Å². The molecule has 2 fully saturated rings. The second-order valence-electron chi connectivity index (χ2n) is 8.09. The molecule has 1 amide bonds. The Labute approximate surface area is 177 Å². The minimum Gasteiger partial charge on any atom is -0.396 e. The Morgan fingerprint density at radius 2 is 2.07 bits per heavy atom. The number of ether oxygens (including phenoxy) is 1.